The lowest BCUT2D eigenvalue weighted by Gasteiger charge is -2.32. The summed E-state index contributed by atoms with van der Waals surface area (Å²) in [5.41, 5.74) is 6.07. The maximum Gasteiger partial charge on any atom is 0.258 e. The molecular formula is C27H31N3O4. The summed E-state index contributed by atoms with van der Waals surface area (Å²) in [6.45, 7) is 0.0852. The number of benzene rings is 2. The first-order valence-electron chi connectivity index (χ1n) is 12.0. The molecule has 178 valence electrons. The van der Waals surface area contributed by atoms with Gasteiger partial charge in [-0.1, -0.05) is 42.5 Å². The first-order valence-corrected chi connectivity index (χ1v) is 12.0. The Balaban J connectivity index is 1.33. The lowest BCUT2D eigenvalue weighted by Crippen LogP contribution is -2.52. The number of carbonyl (C=O) groups is 2. The molecule has 3 N–H and O–H groups in total. The number of nitrogens with zero attached hydrogens (tertiary/aromatic N) is 1. The summed E-state index contributed by atoms with van der Waals surface area (Å²) in [7, 11) is 1.50. The van der Waals surface area contributed by atoms with Gasteiger partial charge in [-0.2, -0.15) is 0 Å². The fraction of sp³-hybridized carbons (Fsp3) is 0.407. The molecule has 34 heavy (non-hydrogen) atoms. The predicted molar refractivity (Wildman–Crippen MR) is 128 cm³/mol. The Kier molecular flexibility index (Phi) is 6.39. The van der Waals surface area contributed by atoms with E-state index in [0.717, 1.165) is 30.4 Å². The Hall–Kier alpha value is -3.16. The fourth-order valence-corrected chi connectivity index (χ4v) is 5.98. The number of nitrogens with one attached hydrogen (secondary N) is 2. The van der Waals surface area contributed by atoms with Crippen LogP contribution in [-0.2, 0) is 9.63 Å². The van der Waals surface area contributed by atoms with Gasteiger partial charge in [0, 0.05) is 36.8 Å². The van der Waals surface area contributed by atoms with E-state index in [9.17, 15) is 14.7 Å². The lowest BCUT2D eigenvalue weighted by atomic mass is 9.85. The van der Waals surface area contributed by atoms with Gasteiger partial charge in [0.1, 0.15) is 6.04 Å². The number of aliphatic hydroxyl groups excluding tert-OH is 1. The molecule has 2 fully saturated rings. The smallest absolute Gasteiger partial charge is 0.258 e. The van der Waals surface area contributed by atoms with E-state index in [-0.39, 0.29) is 30.4 Å². The normalized spacial score (nSPS) is 27.5. The van der Waals surface area contributed by atoms with Crippen LogP contribution in [0.5, 0.6) is 0 Å². The van der Waals surface area contributed by atoms with Gasteiger partial charge in [-0.05, 0) is 54.4 Å². The number of hydrogen-bond donors (Lipinski definition) is 3. The van der Waals surface area contributed by atoms with Crippen LogP contribution in [0.1, 0.15) is 36.0 Å². The monoisotopic (exact) mass is 461 g/mol. The van der Waals surface area contributed by atoms with Crippen LogP contribution in [0, 0.1) is 17.8 Å². The van der Waals surface area contributed by atoms with Gasteiger partial charge in [-0.3, -0.25) is 19.9 Å². The van der Waals surface area contributed by atoms with Crippen LogP contribution in [0.25, 0.3) is 11.1 Å². The van der Waals surface area contributed by atoms with E-state index in [1.54, 1.807) is 18.3 Å². The molecule has 1 heterocycles. The summed E-state index contributed by atoms with van der Waals surface area (Å²) in [5.74, 6) is 0.567. The standard InChI is InChI=1S/C27H31N3O4/c1-34-29-22-14-24(26(32)28-25-21-12-11-20(13-21)23(25)16-31)30(15-22)27(33)19-9-7-18(8-10-19)17-5-3-2-4-6-17/h2-10,15,20-21,23-25,29,31H,11-14,16H2,1H3,(H,28,32)/t20-,21+,23+,24+,25-/m1/s1. The third kappa shape index (κ3) is 4.21. The molecule has 2 aromatic carbocycles. The van der Waals surface area contributed by atoms with Crippen LogP contribution in [0.15, 0.2) is 66.5 Å². The highest BCUT2D eigenvalue weighted by molar-refractivity contribution is 5.99. The van der Waals surface area contributed by atoms with Gasteiger partial charge in [0.15, 0.2) is 0 Å². The zero-order valence-electron chi connectivity index (χ0n) is 19.3. The number of carbonyl (C=O) groups excluding carboxylic acids is 2. The molecule has 2 saturated carbocycles. The summed E-state index contributed by atoms with van der Waals surface area (Å²) in [4.78, 5) is 33.4. The van der Waals surface area contributed by atoms with Crippen molar-refractivity contribution in [1.29, 1.82) is 0 Å². The van der Waals surface area contributed by atoms with Crippen molar-refractivity contribution in [3.8, 4) is 11.1 Å². The Bertz CT molecular complexity index is 1070. The summed E-state index contributed by atoms with van der Waals surface area (Å²) in [6, 6.07) is 16.7. The highest BCUT2D eigenvalue weighted by atomic mass is 16.6. The molecule has 0 spiro atoms. The van der Waals surface area contributed by atoms with Crippen LogP contribution in [-0.4, -0.2) is 47.6 Å². The molecule has 5 rings (SSSR count). The van der Waals surface area contributed by atoms with Crippen molar-refractivity contribution in [3.63, 3.8) is 0 Å². The minimum Gasteiger partial charge on any atom is -0.396 e. The summed E-state index contributed by atoms with van der Waals surface area (Å²) in [6.07, 6.45) is 5.27. The molecule has 0 unspecified atom stereocenters. The second-order valence-corrected chi connectivity index (χ2v) is 9.55. The average Bonchev–Trinajstić information content (AvgIpc) is 3.59. The Labute approximate surface area is 199 Å². The molecule has 3 aliphatic rings. The molecule has 7 heteroatoms. The van der Waals surface area contributed by atoms with Crippen molar-refractivity contribution < 1.29 is 19.5 Å². The molecule has 2 aromatic rings. The Morgan fingerprint density at radius 2 is 1.74 bits per heavy atom. The van der Waals surface area contributed by atoms with E-state index >= 15 is 0 Å². The fourth-order valence-electron chi connectivity index (χ4n) is 5.98. The molecule has 2 bridgehead atoms. The topological polar surface area (TPSA) is 90.9 Å². The number of hydrogen-bond acceptors (Lipinski definition) is 5. The van der Waals surface area contributed by atoms with E-state index in [2.05, 4.69) is 10.8 Å². The maximum atomic E-state index is 13.4. The van der Waals surface area contributed by atoms with Gasteiger partial charge in [0.05, 0.1) is 12.8 Å². The number of rotatable bonds is 7. The van der Waals surface area contributed by atoms with Crippen LogP contribution >= 0.6 is 0 Å². The van der Waals surface area contributed by atoms with Crippen LogP contribution in [0.3, 0.4) is 0 Å². The molecule has 2 aliphatic carbocycles. The van der Waals surface area contributed by atoms with Crippen molar-refractivity contribution in [2.24, 2.45) is 17.8 Å². The molecule has 0 saturated heterocycles. The zero-order chi connectivity index (χ0) is 23.7. The molecule has 7 nitrogen and oxygen atoms in total. The van der Waals surface area contributed by atoms with Crippen LogP contribution in [0.4, 0.5) is 0 Å². The minimum atomic E-state index is -0.669. The van der Waals surface area contributed by atoms with Crippen LogP contribution < -0.4 is 10.8 Å². The van der Waals surface area contributed by atoms with Gasteiger partial charge in [0.25, 0.3) is 5.91 Å². The van der Waals surface area contributed by atoms with Gasteiger partial charge in [-0.15, -0.1) is 0 Å². The third-order valence-corrected chi connectivity index (χ3v) is 7.66. The molecule has 0 aromatic heterocycles. The highest BCUT2D eigenvalue weighted by Crippen LogP contribution is 2.48. The van der Waals surface area contributed by atoms with Gasteiger partial charge < -0.3 is 15.3 Å². The highest BCUT2D eigenvalue weighted by Gasteiger charge is 2.48. The Morgan fingerprint density at radius 3 is 2.44 bits per heavy atom. The van der Waals surface area contributed by atoms with E-state index in [1.165, 1.54) is 12.0 Å². The zero-order valence-corrected chi connectivity index (χ0v) is 19.3. The van der Waals surface area contributed by atoms with E-state index < -0.39 is 6.04 Å². The molecule has 0 radical (unpaired) electrons. The van der Waals surface area contributed by atoms with Gasteiger partial charge in [-0.25, -0.2) is 0 Å². The third-order valence-electron chi connectivity index (χ3n) is 7.66. The second-order valence-electron chi connectivity index (χ2n) is 9.55. The van der Waals surface area contributed by atoms with E-state index in [0.29, 0.717) is 29.5 Å². The lowest BCUT2D eigenvalue weighted by molar-refractivity contribution is -0.126. The van der Waals surface area contributed by atoms with E-state index in [4.69, 9.17) is 4.84 Å². The SMILES string of the molecule is CONC1=CN(C(=O)c2ccc(-c3ccccc3)cc2)[C@H](C(=O)N[C@@H]2[C@H]3CC[C@H](C3)[C@@H]2CO)C1. The first kappa shape index (κ1) is 22.6. The number of hydroxylamine groups is 1. The van der Waals surface area contributed by atoms with Crippen molar-refractivity contribution in [3.05, 3.63) is 72.1 Å². The average molecular weight is 462 g/mol. The minimum absolute atomic E-state index is 0.0298. The molecular weight excluding hydrogens is 430 g/mol. The predicted octanol–water partition coefficient (Wildman–Crippen LogP) is 3.08. The largest absolute Gasteiger partial charge is 0.396 e. The molecule has 2 amide bonds. The second kappa shape index (κ2) is 9.60. The number of aliphatic hydroxyl groups is 1. The van der Waals surface area contributed by atoms with Crippen molar-refractivity contribution in [2.45, 2.75) is 37.8 Å². The number of fused-ring (bicyclic) bond motifs is 2. The van der Waals surface area contributed by atoms with Gasteiger partial charge >= 0.3 is 0 Å². The van der Waals surface area contributed by atoms with Crippen molar-refractivity contribution in [1.82, 2.24) is 15.7 Å². The Morgan fingerprint density at radius 1 is 1.03 bits per heavy atom. The quantitative estimate of drug-likeness (QED) is 0.552. The van der Waals surface area contributed by atoms with E-state index in [1.807, 2.05) is 42.5 Å². The van der Waals surface area contributed by atoms with Crippen molar-refractivity contribution in [2.75, 3.05) is 13.7 Å². The first-order chi connectivity index (χ1) is 16.6. The number of amides is 2. The summed E-state index contributed by atoms with van der Waals surface area (Å²) >= 11 is 0. The maximum absolute atomic E-state index is 13.4. The summed E-state index contributed by atoms with van der Waals surface area (Å²) in [5, 5.41) is 13.1. The molecule has 1 aliphatic heterocycles. The molecule has 5 atom stereocenters. The van der Waals surface area contributed by atoms with Crippen LogP contribution in [0.2, 0.25) is 0 Å². The summed E-state index contributed by atoms with van der Waals surface area (Å²) < 4.78 is 0. The van der Waals surface area contributed by atoms with Crippen molar-refractivity contribution >= 4 is 11.8 Å². The van der Waals surface area contributed by atoms with Gasteiger partial charge in [0.2, 0.25) is 5.91 Å².